The third-order valence-electron chi connectivity index (χ3n) is 1.49. The Morgan fingerprint density at radius 3 is 2.58 bits per heavy atom. The molecule has 0 bridgehead atoms. The second kappa shape index (κ2) is 6.62. The lowest BCUT2D eigenvalue weighted by Gasteiger charge is -1.98. The molecule has 12 heavy (non-hydrogen) atoms. The van der Waals surface area contributed by atoms with Crippen LogP contribution in [0.15, 0.2) is 48.9 Å². The normalized spacial score (nSPS) is 12.0. The van der Waals surface area contributed by atoms with Gasteiger partial charge < -0.3 is 0 Å². The summed E-state index contributed by atoms with van der Waals surface area (Å²) in [5.41, 5.74) is 2.13. The van der Waals surface area contributed by atoms with E-state index in [2.05, 4.69) is 38.3 Å². The van der Waals surface area contributed by atoms with E-state index in [1.165, 1.54) is 5.70 Å². The van der Waals surface area contributed by atoms with Gasteiger partial charge in [-0.2, -0.15) is 0 Å². The van der Waals surface area contributed by atoms with Gasteiger partial charge in [-0.25, -0.2) is 0 Å². The average molecular weight is 164 g/mol. The van der Waals surface area contributed by atoms with Gasteiger partial charge in [-0.1, -0.05) is 19.6 Å². The van der Waals surface area contributed by atoms with Crippen LogP contribution in [0.4, 0.5) is 0 Å². The molecule has 0 heterocycles. The van der Waals surface area contributed by atoms with Crippen LogP contribution in [0.5, 0.6) is 0 Å². The molecule has 0 aliphatic heterocycles. The second-order valence-corrected chi connectivity index (χ2v) is 2.52. The van der Waals surface area contributed by atoms with Gasteiger partial charge in [0, 0.05) is 0 Å². The number of hydrogen-bond acceptors (Lipinski definition) is 0. The van der Waals surface area contributed by atoms with Crippen molar-refractivity contribution in [3.05, 3.63) is 48.9 Å². The van der Waals surface area contributed by atoms with Crippen molar-refractivity contribution in [3.63, 3.8) is 0 Å². The van der Waals surface area contributed by atoms with Gasteiger partial charge in [0.1, 0.15) is 11.4 Å². The zero-order valence-electron chi connectivity index (χ0n) is 8.01. The van der Waals surface area contributed by atoms with Crippen molar-refractivity contribution in [2.45, 2.75) is 20.3 Å². The molecule has 0 aromatic heterocycles. The Labute approximate surface area is 75.2 Å². The molecule has 0 atom stereocenters. The van der Waals surface area contributed by atoms with Crippen molar-refractivity contribution in [3.8, 4) is 0 Å². The largest absolute Gasteiger partial charge is 0.282 e. The monoisotopic (exact) mass is 164 g/mol. The fraction of sp³-hybridized carbons (Fsp3) is 0.273. The smallest absolute Gasteiger partial charge is 0.129 e. The van der Waals surface area contributed by atoms with Gasteiger partial charge in [0.15, 0.2) is 0 Å². The molecule has 1 heteroatoms. The minimum absolute atomic E-state index is 0.948. The Morgan fingerprint density at radius 1 is 1.50 bits per heavy atom. The van der Waals surface area contributed by atoms with Gasteiger partial charge in [-0.15, -0.1) is 0 Å². The van der Waals surface area contributed by atoms with Gasteiger partial charge >= 0.3 is 0 Å². The molecule has 0 saturated heterocycles. The van der Waals surface area contributed by atoms with Crippen LogP contribution >= 0.6 is 0 Å². The number of allylic oxidation sites excluding steroid dienone is 4. The Balaban J connectivity index is 4.10. The van der Waals surface area contributed by atoms with Crippen LogP contribution in [-0.2, 0) is 0 Å². The maximum absolute atomic E-state index is 3.82. The topological polar surface area (TPSA) is 16.6 Å². The summed E-state index contributed by atoms with van der Waals surface area (Å²) in [6.07, 6.45) is 9.09. The molecule has 0 spiro atoms. The standard InChI is InChI=1S/C11H17N/c1-5-8-9-11(7-3)12-10(4)6-2/h6-9,12H,2,4-5H2,1,3H3/p+1/b9-8-,11-7+. The van der Waals surface area contributed by atoms with Crippen LogP contribution in [0.2, 0.25) is 0 Å². The lowest BCUT2D eigenvalue weighted by Crippen LogP contribution is -2.78. The lowest BCUT2D eigenvalue weighted by molar-refractivity contribution is -0.544. The molecule has 0 amide bonds. The van der Waals surface area contributed by atoms with Crippen molar-refractivity contribution in [1.82, 2.24) is 0 Å². The van der Waals surface area contributed by atoms with Gasteiger partial charge in [0.05, 0.1) is 0 Å². The molecule has 0 rings (SSSR count). The third-order valence-corrected chi connectivity index (χ3v) is 1.49. The molecule has 0 aromatic rings. The third kappa shape index (κ3) is 4.69. The summed E-state index contributed by atoms with van der Waals surface area (Å²) in [4.78, 5) is 0. The first-order valence-corrected chi connectivity index (χ1v) is 4.23. The van der Waals surface area contributed by atoms with Gasteiger partial charge in [-0.05, 0) is 38.2 Å². The van der Waals surface area contributed by atoms with E-state index in [4.69, 9.17) is 0 Å². The fourth-order valence-corrected chi connectivity index (χ4v) is 0.755. The highest BCUT2D eigenvalue weighted by Gasteiger charge is 1.95. The van der Waals surface area contributed by atoms with Crippen LogP contribution in [0.1, 0.15) is 20.3 Å². The number of hydrogen-bond donors (Lipinski definition) is 1. The minimum atomic E-state index is 0.948. The van der Waals surface area contributed by atoms with Crippen molar-refractivity contribution in [2.75, 3.05) is 0 Å². The van der Waals surface area contributed by atoms with Crippen LogP contribution in [-0.4, -0.2) is 0 Å². The molecule has 66 valence electrons. The Morgan fingerprint density at radius 2 is 2.17 bits per heavy atom. The zero-order chi connectivity index (χ0) is 9.40. The molecule has 0 aliphatic carbocycles. The maximum Gasteiger partial charge on any atom is 0.129 e. The SMILES string of the molecule is C=CC(=C)[NH2+]C(/C=C\CC)=C/C. The summed E-state index contributed by atoms with van der Waals surface area (Å²) >= 11 is 0. The maximum atomic E-state index is 3.82. The summed E-state index contributed by atoms with van der Waals surface area (Å²) in [6.45, 7) is 11.6. The molecule has 0 fully saturated rings. The summed E-state index contributed by atoms with van der Waals surface area (Å²) in [7, 11) is 0. The molecular formula is C11H18N+. The molecule has 0 aromatic carbocycles. The predicted molar refractivity (Wildman–Crippen MR) is 54.5 cm³/mol. The summed E-state index contributed by atoms with van der Waals surface area (Å²) in [5.74, 6) is 0. The van der Waals surface area contributed by atoms with E-state index in [0.29, 0.717) is 0 Å². The highest BCUT2D eigenvalue weighted by atomic mass is 14.9. The van der Waals surface area contributed by atoms with Crippen molar-refractivity contribution in [2.24, 2.45) is 0 Å². The number of rotatable bonds is 5. The number of quaternary nitrogens is 1. The average Bonchev–Trinajstić information content (AvgIpc) is 2.11. The Bertz CT molecular complexity index is 209. The molecule has 2 N–H and O–H groups in total. The quantitative estimate of drug-likeness (QED) is 0.599. The lowest BCUT2D eigenvalue weighted by atomic mass is 10.3. The summed E-state index contributed by atoms with van der Waals surface area (Å²) < 4.78 is 0. The molecule has 1 nitrogen and oxygen atoms in total. The van der Waals surface area contributed by atoms with E-state index in [0.717, 1.165) is 12.1 Å². The van der Waals surface area contributed by atoms with Crippen LogP contribution in [0.25, 0.3) is 0 Å². The molecule has 0 radical (unpaired) electrons. The van der Waals surface area contributed by atoms with Crippen LogP contribution in [0, 0.1) is 0 Å². The number of nitrogens with two attached hydrogens (primary N) is 1. The summed E-state index contributed by atoms with van der Waals surface area (Å²) in [6, 6.07) is 0. The van der Waals surface area contributed by atoms with E-state index < -0.39 is 0 Å². The van der Waals surface area contributed by atoms with E-state index in [-0.39, 0.29) is 0 Å². The van der Waals surface area contributed by atoms with E-state index >= 15 is 0 Å². The predicted octanol–water partition coefficient (Wildman–Crippen LogP) is 2.12. The highest BCUT2D eigenvalue weighted by molar-refractivity contribution is 5.11. The van der Waals surface area contributed by atoms with Crippen molar-refractivity contribution in [1.29, 1.82) is 0 Å². The van der Waals surface area contributed by atoms with E-state index in [1.54, 1.807) is 6.08 Å². The summed E-state index contributed by atoms with van der Waals surface area (Å²) in [5, 5.41) is 2.01. The van der Waals surface area contributed by atoms with Gasteiger partial charge in [-0.3, -0.25) is 5.32 Å². The van der Waals surface area contributed by atoms with E-state index in [1.807, 2.05) is 12.2 Å². The first-order valence-electron chi connectivity index (χ1n) is 4.23. The van der Waals surface area contributed by atoms with Gasteiger partial charge in [0.2, 0.25) is 0 Å². The highest BCUT2D eigenvalue weighted by Crippen LogP contribution is 1.88. The van der Waals surface area contributed by atoms with Crippen LogP contribution < -0.4 is 5.32 Å². The molecule has 0 aliphatic rings. The van der Waals surface area contributed by atoms with Crippen molar-refractivity contribution < 1.29 is 5.32 Å². The first-order chi connectivity index (χ1) is 5.74. The Hall–Kier alpha value is -1.08. The Kier molecular flexibility index (Phi) is 6.02. The van der Waals surface area contributed by atoms with Crippen molar-refractivity contribution >= 4 is 0 Å². The minimum Gasteiger partial charge on any atom is -0.282 e. The molecule has 0 saturated carbocycles. The molecule has 0 unspecified atom stereocenters. The zero-order valence-corrected chi connectivity index (χ0v) is 8.01. The van der Waals surface area contributed by atoms with E-state index in [9.17, 15) is 0 Å². The fourth-order valence-electron chi connectivity index (χ4n) is 0.755. The second-order valence-electron chi connectivity index (χ2n) is 2.52. The van der Waals surface area contributed by atoms with Crippen LogP contribution in [0.3, 0.4) is 0 Å². The molecular weight excluding hydrogens is 146 g/mol. The first kappa shape index (κ1) is 10.9. The van der Waals surface area contributed by atoms with Gasteiger partial charge in [0.25, 0.3) is 0 Å².